The van der Waals surface area contributed by atoms with Gasteiger partial charge in [0.25, 0.3) is 0 Å². The molecule has 7 heteroatoms. The van der Waals surface area contributed by atoms with Crippen molar-refractivity contribution in [2.75, 3.05) is 51.3 Å². The highest BCUT2D eigenvalue weighted by atomic mass is 127. The van der Waals surface area contributed by atoms with Gasteiger partial charge < -0.3 is 25.0 Å². The van der Waals surface area contributed by atoms with Crippen molar-refractivity contribution in [3.8, 4) is 5.75 Å². The largest absolute Gasteiger partial charge is 0.506 e. The van der Waals surface area contributed by atoms with Crippen LogP contribution in [0.5, 0.6) is 5.75 Å². The number of nitrogens with zero attached hydrogens (tertiary/aromatic N) is 3. The Morgan fingerprint density at radius 2 is 2.04 bits per heavy atom. The molecule has 1 atom stereocenters. The van der Waals surface area contributed by atoms with Crippen molar-refractivity contribution in [3.05, 3.63) is 24.3 Å². The SMILES string of the molecule is CN=C(NCCC1CCCO1)N1CCN(c2ccccc2O)CC1.I. The van der Waals surface area contributed by atoms with Crippen LogP contribution in [0.1, 0.15) is 19.3 Å². The van der Waals surface area contributed by atoms with E-state index in [2.05, 4.69) is 20.1 Å². The minimum Gasteiger partial charge on any atom is -0.506 e. The van der Waals surface area contributed by atoms with Crippen LogP contribution in [0.4, 0.5) is 5.69 Å². The Morgan fingerprint density at radius 1 is 1.28 bits per heavy atom. The number of hydrogen-bond donors (Lipinski definition) is 2. The molecule has 2 aliphatic rings. The fraction of sp³-hybridized carbons (Fsp3) is 0.611. The molecule has 2 aliphatic heterocycles. The summed E-state index contributed by atoms with van der Waals surface area (Å²) in [5.41, 5.74) is 0.915. The minimum atomic E-state index is 0. The van der Waals surface area contributed by atoms with Gasteiger partial charge >= 0.3 is 0 Å². The molecule has 1 aromatic carbocycles. The maximum atomic E-state index is 10.0. The average molecular weight is 460 g/mol. The van der Waals surface area contributed by atoms with Crippen molar-refractivity contribution in [1.29, 1.82) is 0 Å². The first-order valence-electron chi connectivity index (χ1n) is 8.88. The fourth-order valence-electron chi connectivity index (χ4n) is 3.44. The van der Waals surface area contributed by atoms with Crippen LogP contribution < -0.4 is 10.2 Å². The predicted octanol–water partition coefficient (Wildman–Crippen LogP) is 2.28. The van der Waals surface area contributed by atoms with Gasteiger partial charge in [-0.15, -0.1) is 24.0 Å². The molecule has 6 nitrogen and oxygen atoms in total. The lowest BCUT2D eigenvalue weighted by Crippen LogP contribution is -2.52. The number of aromatic hydroxyl groups is 1. The summed E-state index contributed by atoms with van der Waals surface area (Å²) >= 11 is 0. The minimum absolute atomic E-state index is 0. The van der Waals surface area contributed by atoms with Gasteiger partial charge in [0, 0.05) is 46.4 Å². The van der Waals surface area contributed by atoms with Crippen LogP contribution in [0, 0.1) is 0 Å². The molecule has 0 radical (unpaired) electrons. The third-order valence-electron chi connectivity index (χ3n) is 4.79. The normalized spacial score (nSPS) is 21.2. The number of nitrogens with one attached hydrogen (secondary N) is 1. The number of phenols is 1. The van der Waals surface area contributed by atoms with Gasteiger partial charge in [0.1, 0.15) is 5.75 Å². The molecule has 0 amide bonds. The summed E-state index contributed by atoms with van der Waals surface area (Å²) in [6.45, 7) is 5.36. The van der Waals surface area contributed by atoms with Crippen molar-refractivity contribution >= 4 is 35.6 Å². The first-order valence-corrected chi connectivity index (χ1v) is 8.88. The van der Waals surface area contributed by atoms with Crippen LogP contribution in [0.25, 0.3) is 0 Å². The van der Waals surface area contributed by atoms with Crippen molar-refractivity contribution in [1.82, 2.24) is 10.2 Å². The molecule has 3 rings (SSSR count). The summed E-state index contributed by atoms with van der Waals surface area (Å²) < 4.78 is 5.66. The number of hydrogen-bond acceptors (Lipinski definition) is 4. The molecule has 0 saturated carbocycles. The lowest BCUT2D eigenvalue weighted by Gasteiger charge is -2.37. The number of anilines is 1. The van der Waals surface area contributed by atoms with E-state index in [1.54, 1.807) is 6.07 Å². The molecule has 1 aromatic rings. The average Bonchev–Trinajstić information content (AvgIpc) is 3.13. The van der Waals surface area contributed by atoms with E-state index in [1.165, 1.54) is 12.8 Å². The summed E-state index contributed by atoms with van der Waals surface area (Å²) in [6.07, 6.45) is 3.82. The zero-order valence-corrected chi connectivity index (χ0v) is 17.2. The van der Waals surface area contributed by atoms with Crippen molar-refractivity contribution in [3.63, 3.8) is 0 Å². The Kier molecular flexibility index (Phi) is 8.08. The van der Waals surface area contributed by atoms with Gasteiger partial charge in [0.15, 0.2) is 5.96 Å². The monoisotopic (exact) mass is 460 g/mol. The molecular formula is C18H29IN4O2. The third kappa shape index (κ3) is 5.37. The molecule has 0 aliphatic carbocycles. The van der Waals surface area contributed by atoms with Crippen molar-refractivity contribution in [2.45, 2.75) is 25.4 Å². The number of guanidine groups is 1. The van der Waals surface area contributed by atoms with Gasteiger partial charge in [-0.25, -0.2) is 0 Å². The number of halogens is 1. The van der Waals surface area contributed by atoms with Gasteiger partial charge in [-0.1, -0.05) is 12.1 Å². The number of para-hydroxylation sites is 2. The van der Waals surface area contributed by atoms with Gasteiger partial charge in [0.05, 0.1) is 11.8 Å². The molecule has 2 heterocycles. The zero-order valence-electron chi connectivity index (χ0n) is 14.9. The van der Waals surface area contributed by atoms with E-state index in [1.807, 2.05) is 25.2 Å². The van der Waals surface area contributed by atoms with Crippen LogP contribution in [-0.4, -0.2) is 68.4 Å². The van der Waals surface area contributed by atoms with E-state index in [0.717, 1.165) is 57.4 Å². The Labute approximate surface area is 167 Å². The molecular weight excluding hydrogens is 431 g/mol. The molecule has 2 saturated heterocycles. The van der Waals surface area contributed by atoms with Gasteiger partial charge in [-0.3, -0.25) is 4.99 Å². The number of rotatable bonds is 4. The van der Waals surface area contributed by atoms with E-state index in [9.17, 15) is 5.11 Å². The molecule has 0 spiro atoms. The lowest BCUT2D eigenvalue weighted by molar-refractivity contribution is 0.105. The second-order valence-corrected chi connectivity index (χ2v) is 6.36. The number of benzene rings is 1. The van der Waals surface area contributed by atoms with Gasteiger partial charge in [-0.2, -0.15) is 0 Å². The molecule has 140 valence electrons. The molecule has 2 N–H and O–H groups in total. The van der Waals surface area contributed by atoms with E-state index in [-0.39, 0.29) is 24.0 Å². The van der Waals surface area contributed by atoms with Crippen LogP contribution in [0.15, 0.2) is 29.3 Å². The highest BCUT2D eigenvalue weighted by Gasteiger charge is 2.21. The van der Waals surface area contributed by atoms with Gasteiger partial charge in [-0.05, 0) is 31.4 Å². The Bertz CT molecular complexity index is 556. The molecule has 0 aromatic heterocycles. The maximum absolute atomic E-state index is 10.0. The first kappa shape index (κ1) is 20.1. The fourth-order valence-corrected chi connectivity index (χ4v) is 3.44. The smallest absolute Gasteiger partial charge is 0.193 e. The topological polar surface area (TPSA) is 60.3 Å². The Hall–Kier alpha value is -1.22. The molecule has 0 bridgehead atoms. The summed E-state index contributed by atoms with van der Waals surface area (Å²) in [5, 5.41) is 13.5. The summed E-state index contributed by atoms with van der Waals surface area (Å²) in [6, 6.07) is 7.54. The molecule has 1 unspecified atom stereocenters. The highest BCUT2D eigenvalue weighted by Crippen LogP contribution is 2.27. The van der Waals surface area contributed by atoms with E-state index < -0.39 is 0 Å². The highest BCUT2D eigenvalue weighted by molar-refractivity contribution is 14.0. The number of phenolic OH excluding ortho intramolecular Hbond substituents is 1. The van der Waals surface area contributed by atoms with Crippen LogP contribution in [0.2, 0.25) is 0 Å². The second kappa shape index (κ2) is 10.1. The van der Waals surface area contributed by atoms with E-state index in [4.69, 9.17) is 4.74 Å². The number of ether oxygens (including phenoxy) is 1. The summed E-state index contributed by atoms with van der Waals surface area (Å²) in [5.74, 6) is 1.31. The van der Waals surface area contributed by atoms with Crippen LogP contribution >= 0.6 is 24.0 Å². The first-order chi connectivity index (χ1) is 11.8. The van der Waals surface area contributed by atoms with Crippen LogP contribution in [-0.2, 0) is 4.74 Å². The standard InChI is InChI=1S/C18H28N4O2.HI/c1-19-18(20-9-8-15-5-4-14-24-15)22-12-10-21(11-13-22)16-6-2-3-7-17(16)23;/h2-3,6-7,15,23H,4-5,8-14H2,1H3,(H,19,20);1H. The van der Waals surface area contributed by atoms with Crippen molar-refractivity contribution in [2.24, 2.45) is 4.99 Å². The van der Waals surface area contributed by atoms with Crippen LogP contribution in [0.3, 0.4) is 0 Å². The maximum Gasteiger partial charge on any atom is 0.193 e. The molecule has 2 fully saturated rings. The van der Waals surface area contributed by atoms with Gasteiger partial charge in [0.2, 0.25) is 0 Å². The molecule has 25 heavy (non-hydrogen) atoms. The predicted molar refractivity (Wildman–Crippen MR) is 112 cm³/mol. The summed E-state index contributed by atoms with van der Waals surface area (Å²) in [7, 11) is 1.84. The second-order valence-electron chi connectivity index (χ2n) is 6.36. The number of piperazine rings is 1. The van der Waals surface area contributed by atoms with E-state index >= 15 is 0 Å². The Balaban J connectivity index is 0.00000225. The third-order valence-corrected chi connectivity index (χ3v) is 4.79. The lowest BCUT2D eigenvalue weighted by atomic mass is 10.2. The Morgan fingerprint density at radius 3 is 2.68 bits per heavy atom. The zero-order chi connectivity index (χ0) is 16.8. The summed E-state index contributed by atoms with van der Waals surface area (Å²) in [4.78, 5) is 8.93. The number of aliphatic imine (C=N–C) groups is 1. The quantitative estimate of drug-likeness (QED) is 0.410. The van der Waals surface area contributed by atoms with E-state index in [0.29, 0.717) is 11.9 Å². The van der Waals surface area contributed by atoms with Crippen molar-refractivity contribution < 1.29 is 9.84 Å².